The van der Waals surface area contributed by atoms with Gasteiger partial charge in [0.25, 0.3) is 10.2 Å². The van der Waals surface area contributed by atoms with Gasteiger partial charge >= 0.3 is 0 Å². The number of imidazole rings is 1. The minimum absolute atomic E-state index is 0.332. The van der Waals surface area contributed by atoms with Crippen LogP contribution in [0.2, 0.25) is 0 Å². The van der Waals surface area contributed by atoms with Crippen LogP contribution in [0.15, 0.2) is 24.3 Å². The highest BCUT2D eigenvalue weighted by molar-refractivity contribution is 7.87. The van der Waals surface area contributed by atoms with Crippen LogP contribution in [0.1, 0.15) is 19.7 Å². The third-order valence-electron chi connectivity index (χ3n) is 3.13. The highest BCUT2D eigenvalue weighted by atomic mass is 32.2. The van der Waals surface area contributed by atoms with Crippen molar-refractivity contribution < 1.29 is 8.42 Å². The zero-order chi connectivity index (χ0) is 14.6. The van der Waals surface area contributed by atoms with Crippen LogP contribution < -0.4 is 4.72 Å². The van der Waals surface area contributed by atoms with Crippen molar-refractivity contribution in [2.75, 3.05) is 19.6 Å². The number of hydrogen-bond donors (Lipinski definition) is 2. The molecule has 2 aromatic rings. The summed E-state index contributed by atoms with van der Waals surface area (Å²) in [6, 6.07) is 7.74. The largest absolute Gasteiger partial charge is 0.342 e. The molecule has 2 rings (SSSR count). The van der Waals surface area contributed by atoms with E-state index in [1.54, 1.807) is 0 Å². The fourth-order valence-electron chi connectivity index (χ4n) is 2.08. The number of aromatic amines is 1. The van der Waals surface area contributed by atoms with E-state index in [0.29, 0.717) is 26.1 Å². The predicted octanol–water partition coefficient (Wildman–Crippen LogP) is 1.28. The van der Waals surface area contributed by atoms with Gasteiger partial charge in [-0.3, -0.25) is 0 Å². The molecule has 0 fully saturated rings. The number of benzene rings is 1. The normalized spacial score (nSPS) is 12.3. The number of nitrogens with zero attached hydrogens (tertiary/aromatic N) is 2. The molecule has 0 unspecified atom stereocenters. The first kappa shape index (κ1) is 15.0. The van der Waals surface area contributed by atoms with Gasteiger partial charge in [0, 0.05) is 26.1 Å². The third kappa shape index (κ3) is 3.36. The number of rotatable bonds is 7. The van der Waals surface area contributed by atoms with Crippen molar-refractivity contribution in [3.63, 3.8) is 0 Å². The number of hydrogen-bond acceptors (Lipinski definition) is 3. The highest BCUT2D eigenvalue weighted by Crippen LogP contribution is 2.10. The van der Waals surface area contributed by atoms with Gasteiger partial charge in [-0.25, -0.2) is 9.71 Å². The lowest BCUT2D eigenvalue weighted by Gasteiger charge is -2.18. The lowest BCUT2D eigenvalue weighted by molar-refractivity contribution is 0.435. The molecule has 0 spiro atoms. The average molecular weight is 296 g/mol. The molecular weight excluding hydrogens is 276 g/mol. The van der Waals surface area contributed by atoms with E-state index in [1.165, 1.54) is 4.31 Å². The second kappa shape index (κ2) is 6.34. The van der Waals surface area contributed by atoms with Crippen molar-refractivity contribution in [2.24, 2.45) is 0 Å². The van der Waals surface area contributed by atoms with Gasteiger partial charge < -0.3 is 4.98 Å². The van der Waals surface area contributed by atoms with Gasteiger partial charge in [-0.2, -0.15) is 12.7 Å². The zero-order valence-electron chi connectivity index (χ0n) is 11.8. The van der Waals surface area contributed by atoms with Gasteiger partial charge in [0.1, 0.15) is 5.82 Å². The summed E-state index contributed by atoms with van der Waals surface area (Å²) < 4.78 is 27.9. The first-order valence-electron chi connectivity index (χ1n) is 6.75. The van der Waals surface area contributed by atoms with Crippen molar-refractivity contribution >= 4 is 21.2 Å². The first-order valence-corrected chi connectivity index (χ1v) is 8.19. The maximum Gasteiger partial charge on any atom is 0.279 e. The summed E-state index contributed by atoms with van der Waals surface area (Å²) in [5.74, 6) is 0.786. The summed E-state index contributed by atoms with van der Waals surface area (Å²) in [6.07, 6.45) is 0.537. The molecule has 0 aliphatic carbocycles. The molecule has 110 valence electrons. The SMILES string of the molecule is CCN(CC)S(=O)(=O)NCCc1nc2ccccc2[nH]1. The van der Waals surface area contributed by atoms with Crippen molar-refractivity contribution in [1.29, 1.82) is 0 Å². The Morgan fingerprint density at radius 2 is 1.95 bits per heavy atom. The molecule has 2 N–H and O–H groups in total. The number of nitrogens with one attached hydrogen (secondary N) is 2. The molecule has 1 aromatic carbocycles. The molecule has 0 radical (unpaired) electrons. The van der Waals surface area contributed by atoms with E-state index in [9.17, 15) is 8.42 Å². The number of aromatic nitrogens is 2. The number of H-pyrrole nitrogens is 1. The molecule has 1 aromatic heterocycles. The van der Waals surface area contributed by atoms with Gasteiger partial charge in [-0.05, 0) is 12.1 Å². The summed E-state index contributed by atoms with van der Waals surface area (Å²) in [4.78, 5) is 7.59. The topological polar surface area (TPSA) is 78.1 Å². The lowest BCUT2D eigenvalue weighted by atomic mass is 10.3. The van der Waals surface area contributed by atoms with E-state index in [-0.39, 0.29) is 0 Å². The van der Waals surface area contributed by atoms with Gasteiger partial charge in [-0.1, -0.05) is 26.0 Å². The van der Waals surface area contributed by atoms with E-state index in [2.05, 4.69) is 14.7 Å². The van der Waals surface area contributed by atoms with Gasteiger partial charge in [0.05, 0.1) is 11.0 Å². The van der Waals surface area contributed by atoms with Gasteiger partial charge in [0.15, 0.2) is 0 Å². The fourth-order valence-corrected chi connectivity index (χ4v) is 3.30. The molecule has 1 heterocycles. The Labute approximate surface area is 119 Å². The van der Waals surface area contributed by atoms with Gasteiger partial charge in [-0.15, -0.1) is 0 Å². The summed E-state index contributed by atoms with van der Waals surface area (Å²) in [5, 5.41) is 0. The molecule has 0 aliphatic heterocycles. The second-order valence-electron chi connectivity index (χ2n) is 4.43. The van der Waals surface area contributed by atoms with Crippen LogP contribution in [0.25, 0.3) is 11.0 Å². The van der Waals surface area contributed by atoms with Crippen LogP contribution in [-0.4, -0.2) is 42.3 Å². The number of para-hydroxylation sites is 2. The molecule has 0 amide bonds. The van der Waals surface area contributed by atoms with Crippen LogP contribution in [0, 0.1) is 0 Å². The number of fused-ring (bicyclic) bond motifs is 1. The Morgan fingerprint density at radius 1 is 1.25 bits per heavy atom. The Morgan fingerprint density at radius 3 is 2.60 bits per heavy atom. The summed E-state index contributed by atoms with van der Waals surface area (Å²) >= 11 is 0. The highest BCUT2D eigenvalue weighted by Gasteiger charge is 2.17. The second-order valence-corrected chi connectivity index (χ2v) is 6.19. The average Bonchev–Trinajstić information content (AvgIpc) is 2.82. The molecule has 7 heteroatoms. The van der Waals surface area contributed by atoms with Crippen molar-refractivity contribution in [3.05, 3.63) is 30.1 Å². The van der Waals surface area contributed by atoms with E-state index < -0.39 is 10.2 Å². The molecule has 20 heavy (non-hydrogen) atoms. The lowest BCUT2D eigenvalue weighted by Crippen LogP contribution is -2.41. The Balaban J connectivity index is 1.95. The van der Waals surface area contributed by atoms with Crippen LogP contribution in [0.5, 0.6) is 0 Å². The summed E-state index contributed by atoms with van der Waals surface area (Å²) in [5.41, 5.74) is 1.86. The Hall–Kier alpha value is -1.44. The quantitative estimate of drug-likeness (QED) is 0.808. The Kier molecular flexibility index (Phi) is 4.74. The maximum atomic E-state index is 11.9. The molecule has 0 aliphatic rings. The zero-order valence-corrected chi connectivity index (χ0v) is 12.6. The van der Waals surface area contributed by atoms with E-state index >= 15 is 0 Å². The monoisotopic (exact) mass is 296 g/mol. The first-order chi connectivity index (χ1) is 9.56. The maximum absolute atomic E-state index is 11.9. The van der Waals surface area contributed by atoms with Crippen LogP contribution in [-0.2, 0) is 16.6 Å². The van der Waals surface area contributed by atoms with Gasteiger partial charge in [0.2, 0.25) is 0 Å². The van der Waals surface area contributed by atoms with E-state index in [1.807, 2.05) is 38.1 Å². The molecule has 0 saturated heterocycles. The Bertz CT molecular complexity index is 629. The fraction of sp³-hybridized carbons (Fsp3) is 0.462. The molecular formula is C13H20N4O2S. The smallest absolute Gasteiger partial charge is 0.279 e. The standard InChI is InChI=1S/C13H20N4O2S/c1-3-17(4-2)20(18,19)14-10-9-13-15-11-7-5-6-8-12(11)16-13/h5-8,14H,3-4,9-10H2,1-2H3,(H,15,16). The minimum atomic E-state index is -3.38. The van der Waals surface area contributed by atoms with E-state index in [0.717, 1.165) is 16.9 Å². The predicted molar refractivity (Wildman–Crippen MR) is 79.6 cm³/mol. The molecule has 0 bridgehead atoms. The van der Waals surface area contributed by atoms with E-state index in [4.69, 9.17) is 0 Å². The molecule has 0 saturated carbocycles. The van der Waals surface area contributed by atoms with Crippen molar-refractivity contribution in [2.45, 2.75) is 20.3 Å². The van der Waals surface area contributed by atoms with Crippen LogP contribution >= 0.6 is 0 Å². The van der Waals surface area contributed by atoms with Crippen LogP contribution in [0.3, 0.4) is 0 Å². The minimum Gasteiger partial charge on any atom is -0.342 e. The van der Waals surface area contributed by atoms with Crippen molar-refractivity contribution in [3.8, 4) is 0 Å². The van der Waals surface area contributed by atoms with Crippen molar-refractivity contribution in [1.82, 2.24) is 19.0 Å². The summed E-state index contributed by atoms with van der Waals surface area (Å²) in [7, 11) is -3.38. The molecule has 6 nitrogen and oxygen atoms in total. The summed E-state index contributed by atoms with van der Waals surface area (Å²) in [6.45, 7) is 4.91. The third-order valence-corrected chi connectivity index (χ3v) is 4.90. The molecule has 0 atom stereocenters. The van der Waals surface area contributed by atoms with Crippen LogP contribution in [0.4, 0.5) is 0 Å².